The van der Waals surface area contributed by atoms with Crippen LogP contribution >= 0.6 is 35.0 Å². The van der Waals surface area contributed by atoms with Crippen molar-refractivity contribution in [3.8, 4) is 0 Å². The Labute approximate surface area is 187 Å². The van der Waals surface area contributed by atoms with Crippen molar-refractivity contribution in [1.29, 1.82) is 0 Å². The Kier molecular flexibility index (Phi) is 8.54. The number of benzene rings is 1. The van der Waals surface area contributed by atoms with Crippen LogP contribution in [0, 0.1) is 5.92 Å². The number of allylic oxidation sites excluding steroid dienone is 3. The van der Waals surface area contributed by atoms with Crippen molar-refractivity contribution in [2.45, 2.75) is 19.4 Å². The molecule has 0 aromatic heterocycles. The van der Waals surface area contributed by atoms with E-state index >= 15 is 0 Å². The Morgan fingerprint density at radius 2 is 2.21 bits per heavy atom. The number of rotatable bonds is 9. The van der Waals surface area contributed by atoms with Crippen LogP contribution in [0.25, 0.3) is 0 Å². The van der Waals surface area contributed by atoms with Crippen LogP contribution in [0.2, 0.25) is 10.0 Å². The summed E-state index contributed by atoms with van der Waals surface area (Å²) in [5.41, 5.74) is 2.88. The zero-order valence-corrected chi connectivity index (χ0v) is 18.8. The fraction of sp³-hybridized carbons (Fsp3) is 0.409. The van der Waals surface area contributed by atoms with Crippen LogP contribution in [-0.4, -0.2) is 43.1 Å². The van der Waals surface area contributed by atoms with Crippen LogP contribution in [0.3, 0.4) is 0 Å². The normalized spacial score (nSPS) is 19.7. The van der Waals surface area contributed by atoms with Crippen LogP contribution in [0.4, 0.5) is 0 Å². The SMILES string of the molecule is C=C(CSC1=CC=C(C=O)NC1)NCC1CCCN(Cc2ccc(Cl)c(Cl)c2)C1. The van der Waals surface area contributed by atoms with Crippen molar-refractivity contribution in [2.24, 2.45) is 5.92 Å². The molecule has 0 aliphatic carbocycles. The van der Waals surface area contributed by atoms with Gasteiger partial charge < -0.3 is 10.6 Å². The van der Waals surface area contributed by atoms with E-state index in [2.05, 4.69) is 28.2 Å². The average Bonchev–Trinajstić information content (AvgIpc) is 2.74. The molecular formula is C22H27Cl2N3OS. The van der Waals surface area contributed by atoms with Gasteiger partial charge >= 0.3 is 0 Å². The van der Waals surface area contributed by atoms with Crippen LogP contribution in [0.1, 0.15) is 18.4 Å². The number of aldehydes is 1. The Morgan fingerprint density at radius 1 is 1.34 bits per heavy atom. The number of thioether (sulfide) groups is 1. The lowest BCUT2D eigenvalue weighted by atomic mass is 9.97. The van der Waals surface area contributed by atoms with Gasteiger partial charge in [-0.2, -0.15) is 0 Å². The fourth-order valence-electron chi connectivity index (χ4n) is 3.55. The zero-order chi connectivity index (χ0) is 20.6. The summed E-state index contributed by atoms with van der Waals surface area (Å²) in [6, 6.07) is 5.89. The van der Waals surface area contributed by atoms with Gasteiger partial charge in [-0.25, -0.2) is 0 Å². The summed E-state index contributed by atoms with van der Waals surface area (Å²) < 4.78 is 0. The quantitative estimate of drug-likeness (QED) is 0.536. The van der Waals surface area contributed by atoms with Crippen molar-refractivity contribution in [3.63, 3.8) is 0 Å². The van der Waals surface area contributed by atoms with Gasteiger partial charge in [0.2, 0.25) is 0 Å². The summed E-state index contributed by atoms with van der Waals surface area (Å²) in [7, 11) is 0. The molecule has 2 heterocycles. The van der Waals surface area contributed by atoms with Crippen LogP contribution in [0.15, 0.2) is 53.2 Å². The molecule has 1 aromatic carbocycles. The molecule has 156 valence electrons. The smallest absolute Gasteiger partial charge is 0.165 e. The highest BCUT2D eigenvalue weighted by Crippen LogP contribution is 2.25. The number of carbonyl (C=O) groups excluding carboxylic acids is 1. The minimum atomic E-state index is 0.604. The first-order valence-electron chi connectivity index (χ1n) is 9.84. The molecule has 0 amide bonds. The highest BCUT2D eigenvalue weighted by molar-refractivity contribution is 8.03. The number of carbonyl (C=O) groups is 1. The lowest BCUT2D eigenvalue weighted by Gasteiger charge is -2.33. The van der Waals surface area contributed by atoms with Gasteiger partial charge in [0.1, 0.15) is 0 Å². The second-order valence-corrected chi connectivity index (χ2v) is 9.41. The molecule has 0 bridgehead atoms. The zero-order valence-electron chi connectivity index (χ0n) is 16.4. The Hall–Kier alpha value is -1.40. The summed E-state index contributed by atoms with van der Waals surface area (Å²) in [6.45, 7) is 8.91. The van der Waals surface area contributed by atoms with E-state index in [0.29, 0.717) is 28.2 Å². The molecule has 0 saturated carbocycles. The third-order valence-corrected chi connectivity index (χ3v) is 6.99. The molecule has 7 heteroatoms. The van der Waals surface area contributed by atoms with E-state index in [-0.39, 0.29) is 0 Å². The van der Waals surface area contributed by atoms with Gasteiger partial charge in [0.25, 0.3) is 0 Å². The maximum absolute atomic E-state index is 10.7. The summed E-state index contributed by atoms with van der Waals surface area (Å²) in [6.07, 6.45) is 7.10. The third-order valence-electron chi connectivity index (χ3n) is 5.11. The van der Waals surface area contributed by atoms with Crippen molar-refractivity contribution in [2.75, 3.05) is 31.9 Å². The molecule has 1 aromatic rings. The van der Waals surface area contributed by atoms with Crippen LogP contribution < -0.4 is 10.6 Å². The second kappa shape index (κ2) is 11.1. The first kappa shape index (κ1) is 22.3. The van der Waals surface area contributed by atoms with Crippen LogP contribution in [0.5, 0.6) is 0 Å². The Balaban J connectivity index is 1.39. The summed E-state index contributed by atoms with van der Waals surface area (Å²) >= 11 is 13.9. The van der Waals surface area contributed by atoms with Crippen molar-refractivity contribution >= 4 is 41.2 Å². The van der Waals surface area contributed by atoms with Gasteiger partial charge in [-0.15, -0.1) is 11.8 Å². The molecule has 0 radical (unpaired) electrons. The minimum Gasteiger partial charge on any atom is -0.388 e. The molecule has 0 spiro atoms. The molecule has 3 rings (SSSR count). The van der Waals surface area contributed by atoms with Gasteiger partial charge in [0, 0.05) is 42.5 Å². The molecule has 1 fully saturated rings. The first-order valence-corrected chi connectivity index (χ1v) is 11.6. The maximum Gasteiger partial charge on any atom is 0.165 e. The van der Waals surface area contributed by atoms with Gasteiger partial charge in [-0.05, 0) is 55.2 Å². The van der Waals surface area contributed by atoms with E-state index in [1.807, 2.05) is 24.3 Å². The van der Waals surface area contributed by atoms with Gasteiger partial charge in [0.15, 0.2) is 6.29 Å². The topological polar surface area (TPSA) is 44.4 Å². The molecule has 2 aliphatic rings. The van der Waals surface area contributed by atoms with Crippen molar-refractivity contribution in [3.05, 3.63) is 68.8 Å². The highest BCUT2D eigenvalue weighted by Gasteiger charge is 2.20. The summed E-state index contributed by atoms with van der Waals surface area (Å²) in [5, 5.41) is 7.83. The standard InChI is InChI=1S/C22H27Cl2N3OS/c1-16(15-29-20-6-5-19(14-28)26-11-20)25-10-18-3-2-8-27(13-18)12-17-4-7-21(23)22(24)9-17/h4-7,9,14,18,25-26H,1-3,8,10-13,15H2. The maximum atomic E-state index is 10.7. The number of hydrogen-bond acceptors (Lipinski definition) is 5. The highest BCUT2D eigenvalue weighted by atomic mass is 35.5. The monoisotopic (exact) mass is 451 g/mol. The van der Waals surface area contributed by atoms with Gasteiger partial charge in [-0.3, -0.25) is 9.69 Å². The van der Waals surface area contributed by atoms with Gasteiger partial charge in [-0.1, -0.05) is 35.8 Å². The number of nitrogens with zero attached hydrogens (tertiary/aromatic N) is 1. The van der Waals surface area contributed by atoms with Crippen molar-refractivity contribution in [1.82, 2.24) is 15.5 Å². The molecule has 1 saturated heterocycles. The number of dihydropyridines is 1. The minimum absolute atomic E-state index is 0.604. The molecule has 2 aliphatic heterocycles. The first-order chi connectivity index (χ1) is 14.0. The predicted octanol–water partition coefficient (Wildman–Crippen LogP) is 4.61. The van der Waals surface area contributed by atoms with E-state index in [1.54, 1.807) is 11.8 Å². The van der Waals surface area contributed by atoms with E-state index in [1.165, 1.54) is 23.3 Å². The lowest BCUT2D eigenvalue weighted by Crippen LogP contribution is -2.39. The van der Waals surface area contributed by atoms with E-state index in [4.69, 9.17) is 23.2 Å². The van der Waals surface area contributed by atoms with E-state index in [9.17, 15) is 4.79 Å². The number of likely N-dealkylation sites (tertiary alicyclic amines) is 1. The Morgan fingerprint density at radius 3 is 2.93 bits per heavy atom. The third kappa shape index (κ3) is 7.10. The van der Waals surface area contributed by atoms with Crippen molar-refractivity contribution < 1.29 is 4.79 Å². The number of piperidine rings is 1. The van der Waals surface area contributed by atoms with E-state index < -0.39 is 0 Å². The van der Waals surface area contributed by atoms with Gasteiger partial charge in [0.05, 0.1) is 15.7 Å². The summed E-state index contributed by atoms with van der Waals surface area (Å²) in [4.78, 5) is 14.4. The predicted molar refractivity (Wildman–Crippen MR) is 124 cm³/mol. The molecule has 4 nitrogen and oxygen atoms in total. The number of hydrogen-bond donors (Lipinski definition) is 2. The summed E-state index contributed by atoms with van der Waals surface area (Å²) in [5.74, 6) is 1.44. The van der Waals surface area contributed by atoms with Crippen LogP contribution in [-0.2, 0) is 11.3 Å². The molecule has 1 unspecified atom stereocenters. The fourth-order valence-corrected chi connectivity index (χ4v) is 4.67. The lowest BCUT2D eigenvalue weighted by molar-refractivity contribution is -0.105. The van der Waals surface area contributed by atoms with E-state index in [0.717, 1.165) is 43.9 Å². The number of halogens is 2. The molecule has 2 N–H and O–H groups in total. The largest absolute Gasteiger partial charge is 0.388 e. The molecule has 1 atom stereocenters. The average molecular weight is 452 g/mol. The second-order valence-electron chi connectivity index (χ2n) is 7.49. The number of nitrogens with one attached hydrogen (secondary N) is 2. The Bertz CT molecular complexity index is 809. The molecular weight excluding hydrogens is 425 g/mol. The molecule has 29 heavy (non-hydrogen) atoms.